The number of nitrogens with zero attached hydrogens (tertiary/aromatic N) is 1. The Morgan fingerprint density at radius 3 is 3.25 bits per heavy atom. The molecule has 0 aromatic rings. The molecule has 2 heterocycles. The Morgan fingerprint density at radius 1 is 1.67 bits per heavy atom. The van der Waals surface area contributed by atoms with Gasteiger partial charge in [-0.1, -0.05) is 12.2 Å². The lowest BCUT2D eigenvalue weighted by Crippen LogP contribution is -2.31. The van der Waals surface area contributed by atoms with E-state index in [2.05, 4.69) is 11.0 Å². The first-order valence-corrected chi connectivity index (χ1v) is 4.07. The van der Waals surface area contributed by atoms with Gasteiger partial charge in [0.25, 0.3) is 0 Å². The zero-order valence-electron chi connectivity index (χ0n) is 6.64. The number of rotatable bonds is 1. The summed E-state index contributed by atoms with van der Waals surface area (Å²) in [5.41, 5.74) is 0. The van der Waals surface area contributed by atoms with Crippen molar-refractivity contribution in [3.8, 4) is 0 Å². The Kier molecular flexibility index (Phi) is 1.77. The molecule has 2 aliphatic rings. The Hall–Kier alpha value is -1.03. The number of carboxylic acid groups (broad SMARTS) is 1. The summed E-state index contributed by atoms with van der Waals surface area (Å²) in [5, 5.41) is 8.43. The maximum absolute atomic E-state index is 10.3. The van der Waals surface area contributed by atoms with Crippen LogP contribution in [0.25, 0.3) is 0 Å². The van der Waals surface area contributed by atoms with Crippen LogP contribution >= 0.6 is 0 Å². The molecule has 2 unspecified atom stereocenters. The third-order valence-electron chi connectivity index (χ3n) is 2.43. The predicted molar refractivity (Wildman–Crippen MR) is 42.0 cm³/mol. The number of fused-ring (bicyclic) bond motifs is 1. The highest BCUT2D eigenvalue weighted by Crippen LogP contribution is 2.25. The van der Waals surface area contributed by atoms with Crippen molar-refractivity contribution in [2.75, 3.05) is 13.1 Å². The highest BCUT2D eigenvalue weighted by Gasteiger charge is 2.36. The molecule has 1 N–H and O–H groups in total. The molecule has 0 saturated carbocycles. The summed E-state index contributed by atoms with van der Waals surface area (Å²) in [6, 6.07) is 0.195. The van der Waals surface area contributed by atoms with Crippen molar-refractivity contribution in [3.05, 3.63) is 12.2 Å². The summed E-state index contributed by atoms with van der Waals surface area (Å²) >= 11 is 0. The quantitative estimate of drug-likeness (QED) is 0.463. The van der Waals surface area contributed by atoms with Crippen molar-refractivity contribution in [2.45, 2.75) is 18.6 Å². The SMILES string of the molecule is O=C(O)OC1CCN2CC=CC12. The van der Waals surface area contributed by atoms with Crippen molar-refractivity contribution in [1.82, 2.24) is 4.90 Å². The summed E-state index contributed by atoms with van der Waals surface area (Å²) in [7, 11) is 0. The highest BCUT2D eigenvalue weighted by molar-refractivity contribution is 5.57. The number of ether oxygens (including phenoxy) is 1. The third kappa shape index (κ3) is 1.18. The molecule has 2 aliphatic heterocycles. The topological polar surface area (TPSA) is 49.8 Å². The van der Waals surface area contributed by atoms with E-state index in [1.54, 1.807) is 0 Å². The average Bonchev–Trinajstić information content (AvgIpc) is 2.52. The van der Waals surface area contributed by atoms with E-state index in [1.165, 1.54) is 0 Å². The average molecular weight is 169 g/mol. The van der Waals surface area contributed by atoms with E-state index in [1.807, 2.05) is 6.08 Å². The van der Waals surface area contributed by atoms with E-state index in [-0.39, 0.29) is 12.1 Å². The first-order valence-electron chi connectivity index (χ1n) is 4.07. The Labute approximate surface area is 70.4 Å². The molecule has 0 aromatic heterocycles. The van der Waals surface area contributed by atoms with Gasteiger partial charge < -0.3 is 9.84 Å². The molecule has 0 aromatic carbocycles. The monoisotopic (exact) mass is 169 g/mol. The minimum absolute atomic E-state index is 0.152. The maximum Gasteiger partial charge on any atom is 0.506 e. The lowest BCUT2D eigenvalue weighted by molar-refractivity contribution is 0.0460. The fraction of sp³-hybridized carbons (Fsp3) is 0.625. The Bertz CT molecular complexity index is 226. The van der Waals surface area contributed by atoms with Gasteiger partial charge in [0, 0.05) is 13.1 Å². The largest absolute Gasteiger partial charge is 0.506 e. The van der Waals surface area contributed by atoms with Crippen molar-refractivity contribution in [1.29, 1.82) is 0 Å². The molecule has 12 heavy (non-hydrogen) atoms. The van der Waals surface area contributed by atoms with Gasteiger partial charge >= 0.3 is 6.16 Å². The molecule has 4 heteroatoms. The van der Waals surface area contributed by atoms with Gasteiger partial charge in [0.2, 0.25) is 0 Å². The van der Waals surface area contributed by atoms with Crippen LogP contribution in [0, 0.1) is 0 Å². The van der Waals surface area contributed by atoms with Gasteiger partial charge in [0.05, 0.1) is 6.04 Å². The summed E-state index contributed by atoms with van der Waals surface area (Å²) in [6.45, 7) is 1.87. The van der Waals surface area contributed by atoms with Crippen LogP contribution in [0.5, 0.6) is 0 Å². The lowest BCUT2D eigenvalue weighted by Gasteiger charge is -2.17. The van der Waals surface area contributed by atoms with Crippen molar-refractivity contribution >= 4 is 6.16 Å². The zero-order valence-corrected chi connectivity index (χ0v) is 6.64. The van der Waals surface area contributed by atoms with Gasteiger partial charge in [0.1, 0.15) is 6.10 Å². The molecule has 0 spiro atoms. The van der Waals surface area contributed by atoms with Crippen LogP contribution in [-0.4, -0.2) is 41.4 Å². The summed E-state index contributed by atoms with van der Waals surface area (Å²) in [6.07, 6.45) is 3.59. The number of carbonyl (C=O) groups is 1. The molecule has 2 rings (SSSR count). The summed E-state index contributed by atoms with van der Waals surface area (Å²) < 4.78 is 4.75. The molecule has 1 saturated heterocycles. The van der Waals surface area contributed by atoms with E-state index < -0.39 is 6.16 Å². The van der Waals surface area contributed by atoms with Crippen LogP contribution < -0.4 is 0 Å². The standard InChI is InChI=1S/C8H11NO3/c10-8(11)12-7-3-5-9-4-1-2-6(7)9/h1-2,6-7H,3-5H2,(H,10,11). The second kappa shape index (κ2) is 2.79. The van der Waals surface area contributed by atoms with Crippen LogP contribution in [0.1, 0.15) is 6.42 Å². The summed E-state index contributed by atoms with van der Waals surface area (Å²) in [4.78, 5) is 12.5. The minimum Gasteiger partial charge on any atom is -0.450 e. The molecule has 4 nitrogen and oxygen atoms in total. The van der Waals surface area contributed by atoms with E-state index >= 15 is 0 Å². The Morgan fingerprint density at radius 2 is 2.50 bits per heavy atom. The van der Waals surface area contributed by atoms with Gasteiger partial charge in [-0.3, -0.25) is 4.90 Å². The fourth-order valence-corrected chi connectivity index (χ4v) is 1.90. The van der Waals surface area contributed by atoms with E-state index in [0.717, 1.165) is 19.5 Å². The second-order valence-corrected chi connectivity index (χ2v) is 3.12. The van der Waals surface area contributed by atoms with Gasteiger partial charge in [0.15, 0.2) is 0 Å². The lowest BCUT2D eigenvalue weighted by atomic mass is 10.2. The molecular weight excluding hydrogens is 158 g/mol. The number of hydrogen-bond acceptors (Lipinski definition) is 3. The van der Waals surface area contributed by atoms with Crippen LogP contribution in [0.3, 0.4) is 0 Å². The zero-order chi connectivity index (χ0) is 8.55. The number of hydrogen-bond donors (Lipinski definition) is 1. The first-order chi connectivity index (χ1) is 5.77. The van der Waals surface area contributed by atoms with Crippen LogP contribution in [0.2, 0.25) is 0 Å². The molecule has 66 valence electrons. The minimum atomic E-state index is -1.16. The third-order valence-corrected chi connectivity index (χ3v) is 2.43. The van der Waals surface area contributed by atoms with Crippen molar-refractivity contribution < 1.29 is 14.6 Å². The fourth-order valence-electron chi connectivity index (χ4n) is 1.90. The normalized spacial score (nSPS) is 33.7. The molecule has 0 amide bonds. The van der Waals surface area contributed by atoms with E-state index in [4.69, 9.17) is 9.84 Å². The maximum atomic E-state index is 10.3. The van der Waals surface area contributed by atoms with Gasteiger partial charge in [-0.2, -0.15) is 0 Å². The molecule has 0 radical (unpaired) electrons. The van der Waals surface area contributed by atoms with E-state index in [9.17, 15) is 4.79 Å². The van der Waals surface area contributed by atoms with Crippen molar-refractivity contribution in [2.24, 2.45) is 0 Å². The smallest absolute Gasteiger partial charge is 0.450 e. The van der Waals surface area contributed by atoms with Crippen LogP contribution in [0.15, 0.2) is 12.2 Å². The molecule has 2 atom stereocenters. The van der Waals surface area contributed by atoms with E-state index in [0.29, 0.717) is 0 Å². The van der Waals surface area contributed by atoms with Gasteiger partial charge in [-0.15, -0.1) is 0 Å². The molecular formula is C8H11NO3. The molecule has 0 aliphatic carbocycles. The van der Waals surface area contributed by atoms with Crippen LogP contribution in [0.4, 0.5) is 4.79 Å². The molecule has 0 bridgehead atoms. The highest BCUT2D eigenvalue weighted by atomic mass is 16.7. The molecule has 1 fully saturated rings. The van der Waals surface area contributed by atoms with Crippen LogP contribution in [-0.2, 0) is 4.74 Å². The van der Waals surface area contributed by atoms with Gasteiger partial charge in [-0.05, 0) is 6.42 Å². The van der Waals surface area contributed by atoms with Crippen molar-refractivity contribution in [3.63, 3.8) is 0 Å². The first kappa shape index (κ1) is 7.61. The predicted octanol–water partition coefficient (Wildman–Crippen LogP) is 0.694. The van der Waals surface area contributed by atoms with Gasteiger partial charge in [-0.25, -0.2) is 4.79 Å². The second-order valence-electron chi connectivity index (χ2n) is 3.12. The summed E-state index contributed by atoms with van der Waals surface area (Å²) in [5.74, 6) is 0. The Balaban J connectivity index is 1.99.